The zero-order valence-corrected chi connectivity index (χ0v) is 14.6. The highest BCUT2D eigenvalue weighted by Gasteiger charge is 2.52. The van der Waals surface area contributed by atoms with Gasteiger partial charge in [-0.1, -0.05) is 66.7 Å². The number of hydrogen-bond acceptors (Lipinski definition) is 3. The van der Waals surface area contributed by atoms with Gasteiger partial charge in [0.25, 0.3) is 0 Å². The van der Waals surface area contributed by atoms with Gasteiger partial charge in [0.2, 0.25) is 0 Å². The Kier molecular flexibility index (Phi) is 5.59. The number of benzene rings is 2. The van der Waals surface area contributed by atoms with Crippen molar-refractivity contribution in [1.29, 1.82) is 0 Å². The van der Waals surface area contributed by atoms with Crippen LogP contribution in [0.15, 0.2) is 72.8 Å². The van der Waals surface area contributed by atoms with Crippen LogP contribution in [0.1, 0.15) is 13.8 Å². The molecule has 0 saturated heterocycles. The minimum absolute atomic E-state index is 0.659. The lowest BCUT2D eigenvalue weighted by Gasteiger charge is -2.40. The number of methoxy groups -OCH3 is 1. The molecule has 0 aliphatic rings. The van der Waals surface area contributed by atoms with Crippen LogP contribution in [-0.2, 0) is 9.30 Å². The smallest absolute Gasteiger partial charge is 0.179 e. The van der Waals surface area contributed by atoms with E-state index in [1.54, 1.807) is 19.1 Å². The average Bonchev–Trinajstić information content (AvgIpc) is 2.60. The molecule has 23 heavy (non-hydrogen) atoms. The van der Waals surface area contributed by atoms with E-state index in [1.165, 1.54) is 7.11 Å². The quantitative estimate of drug-likeness (QED) is 0.653. The van der Waals surface area contributed by atoms with Gasteiger partial charge in [0.05, 0.1) is 6.10 Å². The van der Waals surface area contributed by atoms with E-state index >= 15 is 0 Å². The van der Waals surface area contributed by atoms with Crippen LogP contribution in [0.2, 0.25) is 0 Å². The normalized spacial score (nSPS) is 16.2. The van der Waals surface area contributed by atoms with Crippen LogP contribution >= 0.6 is 7.14 Å². The van der Waals surface area contributed by atoms with Crippen molar-refractivity contribution in [2.24, 2.45) is 0 Å². The van der Waals surface area contributed by atoms with Crippen LogP contribution < -0.4 is 10.6 Å². The van der Waals surface area contributed by atoms with E-state index in [4.69, 9.17) is 4.74 Å². The second-order valence-corrected chi connectivity index (χ2v) is 8.36. The van der Waals surface area contributed by atoms with Crippen molar-refractivity contribution in [3.8, 4) is 0 Å². The molecule has 2 atom stereocenters. The van der Waals surface area contributed by atoms with E-state index in [1.807, 2.05) is 67.6 Å². The Balaban J connectivity index is 2.85. The molecule has 2 aromatic rings. The van der Waals surface area contributed by atoms with Gasteiger partial charge in [-0.25, -0.2) is 0 Å². The molecule has 0 radical (unpaired) electrons. The molecular weight excluding hydrogens is 307 g/mol. The summed E-state index contributed by atoms with van der Waals surface area (Å²) < 4.78 is 20.1. The summed E-state index contributed by atoms with van der Waals surface area (Å²) in [7, 11) is -1.81. The lowest BCUT2D eigenvalue weighted by molar-refractivity contribution is -0.00380. The number of aliphatic hydroxyl groups is 1. The van der Waals surface area contributed by atoms with E-state index < -0.39 is 18.6 Å². The summed E-state index contributed by atoms with van der Waals surface area (Å²) in [6.07, 6.45) is 2.53. The molecule has 0 bridgehead atoms. The summed E-state index contributed by atoms with van der Waals surface area (Å²) in [5, 5.41) is 10.5. The highest BCUT2D eigenvalue weighted by Crippen LogP contribution is 2.58. The Hall–Kier alpha value is -1.67. The summed E-state index contributed by atoms with van der Waals surface area (Å²) in [5.74, 6) is 0. The predicted molar refractivity (Wildman–Crippen MR) is 96.0 cm³/mol. The molecule has 1 N–H and O–H groups in total. The fraction of sp³-hybridized carbons (Fsp3) is 0.263. The summed E-state index contributed by atoms with van der Waals surface area (Å²) in [5.41, 5.74) is 0. The second-order valence-electron chi connectivity index (χ2n) is 5.41. The SMILES string of the molecule is CC=CC(OC)(C(C)O)P(=O)(c1ccccc1)c1ccccc1. The average molecular weight is 330 g/mol. The van der Waals surface area contributed by atoms with Crippen molar-refractivity contribution in [2.45, 2.75) is 25.3 Å². The Morgan fingerprint density at radius 1 is 1.04 bits per heavy atom. The highest BCUT2D eigenvalue weighted by molar-refractivity contribution is 7.80. The monoisotopic (exact) mass is 330 g/mol. The van der Waals surface area contributed by atoms with Crippen molar-refractivity contribution >= 4 is 17.8 Å². The number of allylic oxidation sites excluding steroid dienone is 1. The maximum Gasteiger partial charge on any atom is 0.179 e. The lowest BCUT2D eigenvalue weighted by atomic mass is 10.2. The third kappa shape index (κ3) is 2.92. The first-order chi connectivity index (χ1) is 11.0. The van der Waals surface area contributed by atoms with E-state index in [2.05, 4.69) is 0 Å². The largest absolute Gasteiger partial charge is 0.390 e. The summed E-state index contributed by atoms with van der Waals surface area (Å²) in [6.45, 7) is 3.44. The molecule has 4 heteroatoms. The molecule has 122 valence electrons. The van der Waals surface area contributed by atoms with E-state index in [0.717, 1.165) is 0 Å². The zero-order valence-electron chi connectivity index (χ0n) is 13.7. The van der Waals surface area contributed by atoms with E-state index in [-0.39, 0.29) is 0 Å². The first kappa shape index (κ1) is 17.7. The first-order valence-corrected chi connectivity index (χ1v) is 9.32. The Morgan fingerprint density at radius 3 is 1.78 bits per heavy atom. The Labute approximate surface area is 138 Å². The molecule has 0 saturated carbocycles. The highest BCUT2D eigenvalue weighted by atomic mass is 31.2. The van der Waals surface area contributed by atoms with Crippen LogP contribution in [0.3, 0.4) is 0 Å². The van der Waals surface area contributed by atoms with Crippen LogP contribution in [-0.4, -0.2) is 23.7 Å². The second kappa shape index (κ2) is 7.27. The minimum atomic E-state index is -3.30. The minimum Gasteiger partial charge on any atom is -0.390 e. The molecule has 0 spiro atoms. The molecular formula is C19H23O3P. The van der Waals surface area contributed by atoms with Crippen LogP contribution in [0.5, 0.6) is 0 Å². The lowest BCUT2D eigenvalue weighted by Crippen LogP contribution is -2.46. The molecule has 0 heterocycles. The standard InChI is InChI=1S/C19H23O3P/c1-4-15-19(22-3,16(2)20)23(21,17-11-7-5-8-12-17)18-13-9-6-10-14-18/h4-16,20H,1-3H3. The van der Waals surface area contributed by atoms with Gasteiger partial charge >= 0.3 is 0 Å². The van der Waals surface area contributed by atoms with Gasteiger partial charge in [-0.2, -0.15) is 0 Å². The molecule has 3 nitrogen and oxygen atoms in total. The molecule has 0 aliphatic carbocycles. The van der Waals surface area contributed by atoms with Crippen LogP contribution in [0.25, 0.3) is 0 Å². The van der Waals surface area contributed by atoms with Crippen LogP contribution in [0.4, 0.5) is 0 Å². The maximum absolute atomic E-state index is 14.4. The van der Waals surface area contributed by atoms with Crippen molar-refractivity contribution in [3.63, 3.8) is 0 Å². The summed E-state index contributed by atoms with van der Waals surface area (Å²) in [6, 6.07) is 18.5. The predicted octanol–water partition coefficient (Wildman–Crippen LogP) is 3.30. The molecule has 0 aliphatic heterocycles. The van der Waals surface area contributed by atoms with Crippen LogP contribution in [0, 0.1) is 0 Å². The van der Waals surface area contributed by atoms with E-state index in [0.29, 0.717) is 10.6 Å². The molecule has 0 aromatic heterocycles. The van der Waals surface area contributed by atoms with Gasteiger partial charge in [0.15, 0.2) is 12.5 Å². The molecule has 0 amide bonds. The maximum atomic E-state index is 14.4. The zero-order chi connectivity index (χ0) is 16.9. The number of aliphatic hydroxyl groups excluding tert-OH is 1. The van der Waals surface area contributed by atoms with E-state index in [9.17, 15) is 9.67 Å². The molecule has 0 fully saturated rings. The van der Waals surface area contributed by atoms with Gasteiger partial charge in [-0.15, -0.1) is 0 Å². The Morgan fingerprint density at radius 2 is 1.48 bits per heavy atom. The Bertz CT molecular complexity index is 652. The van der Waals surface area contributed by atoms with Gasteiger partial charge in [0, 0.05) is 17.7 Å². The number of ether oxygens (including phenoxy) is 1. The molecule has 2 aromatic carbocycles. The molecule has 2 unspecified atom stereocenters. The fourth-order valence-corrected chi connectivity index (χ4v) is 6.37. The van der Waals surface area contributed by atoms with Gasteiger partial charge in [-0.3, -0.25) is 0 Å². The summed E-state index contributed by atoms with van der Waals surface area (Å²) in [4.78, 5) is 0. The third-order valence-corrected chi connectivity index (χ3v) is 7.80. The van der Waals surface area contributed by atoms with Crippen molar-refractivity contribution in [2.75, 3.05) is 7.11 Å². The van der Waals surface area contributed by atoms with Gasteiger partial charge in [-0.05, 0) is 19.9 Å². The summed E-state index contributed by atoms with van der Waals surface area (Å²) >= 11 is 0. The number of rotatable bonds is 6. The fourth-order valence-electron chi connectivity index (χ4n) is 2.94. The van der Waals surface area contributed by atoms with Crippen molar-refractivity contribution in [1.82, 2.24) is 0 Å². The van der Waals surface area contributed by atoms with Gasteiger partial charge in [0.1, 0.15) is 0 Å². The number of hydrogen-bond donors (Lipinski definition) is 1. The third-order valence-electron chi connectivity index (χ3n) is 4.06. The van der Waals surface area contributed by atoms with Crippen molar-refractivity contribution < 1.29 is 14.4 Å². The molecule has 2 rings (SSSR count). The topological polar surface area (TPSA) is 46.5 Å². The first-order valence-electron chi connectivity index (χ1n) is 7.61. The van der Waals surface area contributed by atoms with Crippen molar-refractivity contribution in [3.05, 3.63) is 72.8 Å². The van der Waals surface area contributed by atoms with Gasteiger partial charge < -0.3 is 14.4 Å².